The fourth-order valence-corrected chi connectivity index (χ4v) is 3.51. The number of benzene rings is 2. The molecule has 0 unspecified atom stereocenters. The van der Waals surface area contributed by atoms with E-state index >= 15 is 0 Å². The van der Waals surface area contributed by atoms with Gasteiger partial charge in [-0.2, -0.15) is 0 Å². The molecule has 2 aromatic rings. The number of hydrogen-bond donors (Lipinski definition) is 2. The molecule has 0 atom stereocenters. The van der Waals surface area contributed by atoms with Gasteiger partial charge in [-0.3, -0.25) is 4.99 Å². The van der Waals surface area contributed by atoms with E-state index in [9.17, 15) is 0 Å². The summed E-state index contributed by atoms with van der Waals surface area (Å²) >= 11 is 0. The van der Waals surface area contributed by atoms with Crippen molar-refractivity contribution < 1.29 is 9.47 Å². The minimum Gasteiger partial charge on any atom is -0.493 e. The minimum atomic E-state index is 0. The molecule has 168 valence electrons. The van der Waals surface area contributed by atoms with E-state index in [4.69, 9.17) is 9.47 Å². The molecular formula is C24H33IN4O2. The molecule has 2 aliphatic rings. The van der Waals surface area contributed by atoms with Gasteiger partial charge in [-0.1, -0.05) is 30.3 Å². The molecule has 1 saturated carbocycles. The summed E-state index contributed by atoms with van der Waals surface area (Å²) in [6.45, 7) is 5.75. The number of aliphatic imine (C=N–C) groups is 1. The summed E-state index contributed by atoms with van der Waals surface area (Å²) in [6.07, 6.45) is 2.59. The van der Waals surface area contributed by atoms with Gasteiger partial charge in [-0.15, -0.1) is 24.0 Å². The van der Waals surface area contributed by atoms with Crippen LogP contribution in [0.5, 0.6) is 5.75 Å². The molecule has 0 amide bonds. The van der Waals surface area contributed by atoms with Crippen molar-refractivity contribution in [2.24, 2.45) is 10.9 Å². The summed E-state index contributed by atoms with van der Waals surface area (Å²) in [7, 11) is 1.80. The Labute approximate surface area is 202 Å². The van der Waals surface area contributed by atoms with E-state index in [2.05, 4.69) is 50.9 Å². The Morgan fingerprint density at radius 2 is 1.74 bits per heavy atom. The molecule has 1 aliphatic carbocycles. The number of para-hydroxylation sites is 1. The first-order valence-corrected chi connectivity index (χ1v) is 10.9. The maximum atomic E-state index is 6.01. The molecule has 2 aromatic carbocycles. The summed E-state index contributed by atoms with van der Waals surface area (Å²) < 4.78 is 11.4. The van der Waals surface area contributed by atoms with Gasteiger partial charge in [0.1, 0.15) is 5.75 Å². The van der Waals surface area contributed by atoms with Gasteiger partial charge in [-0.25, -0.2) is 0 Å². The van der Waals surface area contributed by atoms with Crippen molar-refractivity contribution in [2.45, 2.75) is 25.9 Å². The van der Waals surface area contributed by atoms with Gasteiger partial charge in [-0.05, 0) is 42.5 Å². The van der Waals surface area contributed by atoms with Crippen LogP contribution in [0.2, 0.25) is 0 Å². The molecule has 7 heteroatoms. The molecule has 2 N–H and O–H groups in total. The van der Waals surface area contributed by atoms with Crippen LogP contribution < -0.4 is 20.3 Å². The van der Waals surface area contributed by atoms with Crippen molar-refractivity contribution in [3.05, 3.63) is 59.7 Å². The molecule has 1 aliphatic heterocycles. The monoisotopic (exact) mass is 536 g/mol. The Morgan fingerprint density at radius 3 is 2.45 bits per heavy atom. The van der Waals surface area contributed by atoms with Crippen LogP contribution in [0.15, 0.2) is 53.5 Å². The maximum absolute atomic E-state index is 6.01. The van der Waals surface area contributed by atoms with Gasteiger partial charge >= 0.3 is 0 Å². The van der Waals surface area contributed by atoms with E-state index in [1.165, 1.54) is 24.1 Å². The third-order valence-electron chi connectivity index (χ3n) is 5.59. The first-order chi connectivity index (χ1) is 14.8. The largest absolute Gasteiger partial charge is 0.493 e. The Kier molecular flexibility index (Phi) is 9.27. The van der Waals surface area contributed by atoms with Crippen molar-refractivity contribution in [1.29, 1.82) is 0 Å². The summed E-state index contributed by atoms with van der Waals surface area (Å²) in [5.41, 5.74) is 3.63. The molecule has 0 radical (unpaired) electrons. The smallest absolute Gasteiger partial charge is 0.191 e. The van der Waals surface area contributed by atoms with Crippen LogP contribution >= 0.6 is 24.0 Å². The van der Waals surface area contributed by atoms with E-state index in [-0.39, 0.29) is 24.0 Å². The SMILES string of the molecule is CN=C(NCc1ccc(N2CCOCC2)cc1)NCc1ccccc1OCC1CC1.I. The summed E-state index contributed by atoms with van der Waals surface area (Å²) in [4.78, 5) is 6.72. The van der Waals surface area contributed by atoms with E-state index in [1.807, 2.05) is 18.2 Å². The highest BCUT2D eigenvalue weighted by atomic mass is 127. The number of rotatable bonds is 8. The highest BCUT2D eigenvalue weighted by Crippen LogP contribution is 2.30. The predicted molar refractivity (Wildman–Crippen MR) is 137 cm³/mol. The summed E-state index contributed by atoms with van der Waals surface area (Å²) in [5.74, 6) is 2.49. The fourth-order valence-electron chi connectivity index (χ4n) is 3.51. The van der Waals surface area contributed by atoms with Gasteiger partial charge in [0.05, 0.1) is 19.8 Å². The topological polar surface area (TPSA) is 58.1 Å². The van der Waals surface area contributed by atoms with Crippen molar-refractivity contribution in [3.8, 4) is 5.75 Å². The summed E-state index contributed by atoms with van der Waals surface area (Å²) in [5, 5.41) is 6.80. The lowest BCUT2D eigenvalue weighted by Crippen LogP contribution is -2.36. The van der Waals surface area contributed by atoms with Crippen molar-refractivity contribution in [2.75, 3.05) is 44.9 Å². The van der Waals surface area contributed by atoms with Crippen LogP contribution in [0.3, 0.4) is 0 Å². The number of nitrogens with zero attached hydrogens (tertiary/aromatic N) is 2. The molecule has 2 fully saturated rings. The van der Waals surface area contributed by atoms with Crippen LogP contribution in [0.1, 0.15) is 24.0 Å². The van der Waals surface area contributed by atoms with Gasteiger partial charge < -0.3 is 25.0 Å². The number of hydrogen-bond acceptors (Lipinski definition) is 4. The number of halogens is 1. The Balaban J connectivity index is 0.00000272. The zero-order valence-electron chi connectivity index (χ0n) is 18.2. The summed E-state index contributed by atoms with van der Waals surface area (Å²) in [6, 6.07) is 16.9. The van der Waals surface area contributed by atoms with Crippen molar-refractivity contribution in [3.63, 3.8) is 0 Å². The molecular weight excluding hydrogens is 503 g/mol. The molecule has 0 aromatic heterocycles. The number of anilines is 1. The lowest BCUT2D eigenvalue weighted by atomic mass is 10.2. The zero-order chi connectivity index (χ0) is 20.6. The molecule has 31 heavy (non-hydrogen) atoms. The molecule has 4 rings (SSSR count). The first kappa shape index (κ1) is 23.7. The van der Waals surface area contributed by atoms with Crippen molar-refractivity contribution >= 4 is 35.6 Å². The number of nitrogens with one attached hydrogen (secondary N) is 2. The van der Waals surface area contributed by atoms with Crippen LogP contribution in [0, 0.1) is 5.92 Å². The highest BCUT2D eigenvalue weighted by Gasteiger charge is 2.22. The Bertz CT molecular complexity index is 834. The van der Waals surface area contributed by atoms with Gasteiger partial charge in [0.25, 0.3) is 0 Å². The number of morpholine rings is 1. The number of guanidine groups is 1. The number of ether oxygens (including phenoxy) is 2. The average molecular weight is 536 g/mol. The lowest BCUT2D eigenvalue weighted by Gasteiger charge is -2.28. The predicted octanol–water partition coefficient (Wildman–Crippen LogP) is 3.80. The molecule has 0 spiro atoms. The normalized spacial score (nSPS) is 16.4. The third kappa shape index (κ3) is 7.28. The average Bonchev–Trinajstić information content (AvgIpc) is 3.64. The molecule has 0 bridgehead atoms. The second-order valence-corrected chi connectivity index (χ2v) is 7.91. The molecule has 1 saturated heterocycles. The van der Waals surface area contributed by atoms with E-state index in [0.29, 0.717) is 6.54 Å². The molecule has 6 nitrogen and oxygen atoms in total. The zero-order valence-corrected chi connectivity index (χ0v) is 20.5. The van der Waals surface area contributed by atoms with Crippen LogP contribution in [0.25, 0.3) is 0 Å². The van der Waals surface area contributed by atoms with Crippen LogP contribution in [0.4, 0.5) is 5.69 Å². The van der Waals surface area contributed by atoms with Crippen molar-refractivity contribution in [1.82, 2.24) is 10.6 Å². The Hall–Kier alpha value is -2.00. The van der Waals surface area contributed by atoms with E-state index in [0.717, 1.165) is 62.6 Å². The second kappa shape index (κ2) is 12.1. The fraction of sp³-hybridized carbons (Fsp3) is 0.458. The van der Waals surface area contributed by atoms with Gasteiger partial charge in [0.15, 0.2) is 5.96 Å². The minimum absolute atomic E-state index is 0. The van der Waals surface area contributed by atoms with E-state index < -0.39 is 0 Å². The maximum Gasteiger partial charge on any atom is 0.191 e. The highest BCUT2D eigenvalue weighted by molar-refractivity contribution is 14.0. The van der Waals surface area contributed by atoms with Crippen LogP contribution in [-0.4, -0.2) is 45.9 Å². The third-order valence-corrected chi connectivity index (χ3v) is 5.59. The Morgan fingerprint density at radius 1 is 1.03 bits per heavy atom. The standard InChI is InChI=1S/C24H32N4O2.HI/c1-25-24(27-17-21-4-2-3-5-23(21)30-18-20-6-7-20)26-16-19-8-10-22(11-9-19)28-12-14-29-15-13-28;/h2-5,8-11,20H,6-7,12-18H2,1H3,(H2,25,26,27);1H. The quantitative estimate of drug-likeness (QED) is 0.306. The first-order valence-electron chi connectivity index (χ1n) is 10.9. The van der Waals surface area contributed by atoms with Crippen LogP contribution in [-0.2, 0) is 17.8 Å². The second-order valence-electron chi connectivity index (χ2n) is 7.91. The van der Waals surface area contributed by atoms with Gasteiger partial charge in [0, 0.05) is 44.5 Å². The lowest BCUT2D eigenvalue weighted by molar-refractivity contribution is 0.122. The molecule has 1 heterocycles. The van der Waals surface area contributed by atoms with E-state index in [1.54, 1.807) is 7.05 Å². The van der Waals surface area contributed by atoms with Gasteiger partial charge in [0.2, 0.25) is 0 Å².